The number of unbranched alkanes of at least 4 members (excludes halogenated alkanes) is 55. The molecule has 0 aliphatic carbocycles. The summed E-state index contributed by atoms with van der Waals surface area (Å²) >= 11 is 0. The van der Waals surface area contributed by atoms with Gasteiger partial charge in [-0.05, 0) is 51.4 Å². The number of phosphoric acid groups is 2. The molecule has 0 aliphatic rings. The van der Waals surface area contributed by atoms with Crippen LogP contribution in [0.5, 0.6) is 0 Å². The maximum Gasteiger partial charge on any atom is 0.472 e. The van der Waals surface area contributed by atoms with Crippen LogP contribution >= 0.6 is 15.6 Å². The van der Waals surface area contributed by atoms with Crippen LogP contribution in [0.25, 0.3) is 0 Å². The molecule has 0 bridgehead atoms. The zero-order chi connectivity index (χ0) is 74.6. The van der Waals surface area contributed by atoms with E-state index in [1.807, 2.05) is 0 Å². The van der Waals surface area contributed by atoms with Crippen LogP contribution in [0.4, 0.5) is 0 Å². The molecule has 0 saturated carbocycles. The number of allylic oxidation sites excluding steroid dienone is 2. The number of aliphatic hydroxyl groups excluding tert-OH is 1. The summed E-state index contributed by atoms with van der Waals surface area (Å²) < 4.78 is 68.8. The van der Waals surface area contributed by atoms with Crippen LogP contribution < -0.4 is 0 Å². The molecule has 0 spiro atoms. The van der Waals surface area contributed by atoms with Crippen molar-refractivity contribution in [3.05, 3.63) is 12.2 Å². The van der Waals surface area contributed by atoms with Crippen molar-refractivity contribution in [1.82, 2.24) is 0 Å². The lowest BCUT2D eigenvalue weighted by Gasteiger charge is -2.21. The monoisotopic (exact) mass is 1490 g/mol. The van der Waals surface area contributed by atoms with Gasteiger partial charge >= 0.3 is 39.5 Å². The number of aliphatic hydroxyl groups is 1. The molecule has 17 nitrogen and oxygen atoms in total. The molecular formula is C83H160O17P2. The summed E-state index contributed by atoms with van der Waals surface area (Å²) in [6.07, 6.45) is 71.7. The van der Waals surface area contributed by atoms with Crippen LogP contribution in [-0.2, 0) is 65.4 Å². The van der Waals surface area contributed by atoms with E-state index in [1.165, 1.54) is 250 Å². The molecule has 0 saturated heterocycles. The predicted molar refractivity (Wildman–Crippen MR) is 418 cm³/mol. The first-order chi connectivity index (χ1) is 49.7. The third kappa shape index (κ3) is 76.0. The third-order valence-corrected chi connectivity index (χ3v) is 21.2. The van der Waals surface area contributed by atoms with Gasteiger partial charge in [-0.15, -0.1) is 0 Å². The molecule has 2 unspecified atom stereocenters. The van der Waals surface area contributed by atoms with E-state index in [-0.39, 0.29) is 25.7 Å². The molecule has 5 atom stereocenters. The number of ether oxygens (including phenoxy) is 4. The van der Waals surface area contributed by atoms with Crippen molar-refractivity contribution < 1.29 is 80.2 Å². The first-order valence-corrected chi connectivity index (χ1v) is 45.9. The normalized spacial score (nSPS) is 13.8. The summed E-state index contributed by atoms with van der Waals surface area (Å²) in [7, 11) is -9.93. The number of hydrogen-bond acceptors (Lipinski definition) is 15. The number of carbonyl (C=O) groups is 4. The SMILES string of the molecule is CCCCCCCC/C=C\CCCCCCCC(=O)OC[C@H](COP(=O)(O)OC[C@@H](O)COP(=O)(O)OC[C@@H](COC(=O)CCCCCCCCCCCCCCCCCCC)OC(=O)CCCCCCCCCCCCCCCCCCC)OC(=O)CCCCCCCCCCCCCCC. The lowest BCUT2D eigenvalue weighted by molar-refractivity contribution is -0.161. The topological polar surface area (TPSA) is 237 Å². The average Bonchev–Trinajstić information content (AvgIpc) is 0.908. The minimum absolute atomic E-state index is 0.105. The van der Waals surface area contributed by atoms with Gasteiger partial charge in [0.2, 0.25) is 0 Å². The molecule has 0 aromatic heterocycles. The quantitative estimate of drug-likeness (QED) is 0.0169. The highest BCUT2D eigenvalue weighted by atomic mass is 31.2. The summed E-state index contributed by atoms with van der Waals surface area (Å²) in [5, 5.41) is 10.7. The van der Waals surface area contributed by atoms with Crippen molar-refractivity contribution in [3.63, 3.8) is 0 Å². The second-order valence-electron chi connectivity index (χ2n) is 29.5. The third-order valence-electron chi connectivity index (χ3n) is 19.3. The van der Waals surface area contributed by atoms with E-state index in [0.29, 0.717) is 25.7 Å². The van der Waals surface area contributed by atoms with Crippen molar-refractivity contribution in [2.75, 3.05) is 39.6 Å². The van der Waals surface area contributed by atoms with E-state index in [2.05, 4.69) is 39.8 Å². The molecule has 0 heterocycles. The largest absolute Gasteiger partial charge is 0.472 e. The van der Waals surface area contributed by atoms with Crippen LogP contribution in [0.1, 0.15) is 439 Å². The van der Waals surface area contributed by atoms with Gasteiger partial charge in [0.05, 0.1) is 26.4 Å². The maximum atomic E-state index is 13.1. The molecule has 102 heavy (non-hydrogen) atoms. The fourth-order valence-corrected chi connectivity index (χ4v) is 14.3. The number of esters is 4. The second-order valence-corrected chi connectivity index (χ2v) is 32.4. The van der Waals surface area contributed by atoms with Crippen LogP contribution in [0.15, 0.2) is 12.2 Å². The highest BCUT2D eigenvalue weighted by Crippen LogP contribution is 2.45. The number of phosphoric ester groups is 2. The Hall–Kier alpha value is -2.20. The summed E-state index contributed by atoms with van der Waals surface area (Å²) in [5.74, 6) is -2.12. The molecule has 604 valence electrons. The van der Waals surface area contributed by atoms with Crippen molar-refractivity contribution in [2.24, 2.45) is 0 Å². The Morgan fingerprint density at radius 1 is 0.265 bits per heavy atom. The van der Waals surface area contributed by atoms with Gasteiger partial charge in [0, 0.05) is 25.7 Å². The second kappa shape index (κ2) is 77.0. The van der Waals surface area contributed by atoms with Crippen LogP contribution in [0, 0.1) is 0 Å². The fraction of sp³-hybridized carbons (Fsp3) is 0.928. The van der Waals surface area contributed by atoms with Gasteiger partial charge in [-0.3, -0.25) is 37.3 Å². The Morgan fingerprint density at radius 2 is 0.451 bits per heavy atom. The summed E-state index contributed by atoms with van der Waals surface area (Å²) in [6, 6.07) is 0. The first kappa shape index (κ1) is 99.8. The van der Waals surface area contributed by atoms with E-state index >= 15 is 0 Å². The lowest BCUT2D eigenvalue weighted by atomic mass is 10.0. The summed E-state index contributed by atoms with van der Waals surface area (Å²) in [5.41, 5.74) is 0. The average molecular weight is 1490 g/mol. The van der Waals surface area contributed by atoms with Gasteiger partial charge in [0.15, 0.2) is 12.2 Å². The standard InChI is InChI=1S/C83H160O17P2/c1-5-9-13-17-21-25-29-33-36-38-41-45-48-52-56-60-64-68-81(86)94-74-79(100-83(88)70-66-62-58-54-50-46-42-39-37-34-30-26-22-18-14-10-6-2)76-98-102(91,92)96-72-77(84)71-95-101(89,90)97-75-78(99-82(87)69-65-61-57-53-49-43-32-28-24-20-16-12-8-4)73-93-80(85)67-63-59-55-51-47-44-40-35-31-27-23-19-15-11-7-3/h35,40,77-79,84H,5-34,36-39,41-76H2,1-4H3,(H,89,90)(H,91,92)/b40-35-/t77-,78-,79-/m1/s1. The Balaban J connectivity index is 5.27. The van der Waals surface area contributed by atoms with E-state index in [1.54, 1.807) is 0 Å². The van der Waals surface area contributed by atoms with Gasteiger partial charge in [-0.1, -0.05) is 374 Å². The minimum Gasteiger partial charge on any atom is -0.462 e. The zero-order valence-electron chi connectivity index (χ0n) is 66.3. The molecule has 0 aromatic rings. The van der Waals surface area contributed by atoms with Crippen molar-refractivity contribution >= 4 is 39.5 Å². The van der Waals surface area contributed by atoms with Crippen LogP contribution in [0.3, 0.4) is 0 Å². The number of hydrogen-bond donors (Lipinski definition) is 3. The fourth-order valence-electron chi connectivity index (χ4n) is 12.7. The molecule has 19 heteroatoms. The number of carbonyl (C=O) groups excluding carboxylic acids is 4. The van der Waals surface area contributed by atoms with Gasteiger partial charge in [-0.2, -0.15) is 0 Å². The van der Waals surface area contributed by atoms with Crippen molar-refractivity contribution in [1.29, 1.82) is 0 Å². The van der Waals surface area contributed by atoms with Crippen molar-refractivity contribution in [2.45, 2.75) is 457 Å². The maximum absolute atomic E-state index is 13.1. The highest BCUT2D eigenvalue weighted by molar-refractivity contribution is 7.47. The molecule has 0 aromatic carbocycles. The van der Waals surface area contributed by atoms with Gasteiger partial charge < -0.3 is 33.8 Å². The molecule has 3 N–H and O–H groups in total. The Morgan fingerprint density at radius 3 is 0.676 bits per heavy atom. The Bertz CT molecular complexity index is 1980. The van der Waals surface area contributed by atoms with Gasteiger partial charge in [0.25, 0.3) is 0 Å². The molecule has 0 rings (SSSR count). The molecular weight excluding hydrogens is 1330 g/mol. The first-order valence-electron chi connectivity index (χ1n) is 42.9. The lowest BCUT2D eigenvalue weighted by Crippen LogP contribution is -2.30. The van der Waals surface area contributed by atoms with Gasteiger partial charge in [-0.25, -0.2) is 9.13 Å². The van der Waals surface area contributed by atoms with E-state index in [0.717, 1.165) is 109 Å². The Kier molecular flexibility index (Phi) is 75.3. The van der Waals surface area contributed by atoms with Crippen molar-refractivity contribution in [3.8, 4) is 0 Å². The number of rotatable bonds is 83. The van der Waals surface area contributed by atoms with Crippen LogP contribution in [-0.4, -0.2) is 96.7 Å². The van der Waals surface area contributed by atoms with E-state index in [9.17, 15) is 43.2 Å². The van der Waals surface area contributed by atoms with Crippen LogP contribution in [0.2, 0.25) is 0 Å². The highest BCUT2D eigenvalue weighted by Gasteiger charge is 2.30. The summed E-state index contributed by atoms with van der Waals surface area (Å²) in [4.78, 5) is 73.1. The molecule has 0 radical (unpaired) electrons. The molecule has 0 aliphatic heterocycles. The minimum atomic E-state index is -4.96. The predicted octanol–water partition coefficient (Wildman–Crippen LogP) is 25.1. The van der Waals surface area contributed by atoms with E-state index < -0.39 is 97.5 Å². The zero-order valence-corrected chi connectivity index (χ0v) is 68.1. The van der Waals surface area contributed by atoms with E-state index in [4.69, 9.17) is 37.0 Å². The Labute approximate surface area is 625 Å². The molecule has 0 amide bonds. The molecule has 0 fully saturated rings. The smallest absolute Gasteiger partial charge is 0.462 e. The summed E-state index contributed by atoms with van der Waals surface area (Å²) in [6.45, 7) is 5.02. The van der Waals surface area contributed by atoms with Gasteiger partial charge in [0.1, 0.15) is 19.3 Å².